The molecule has 3 nitrogen and oxygen atoms in total. The molecule has 1 aliphatic rings. The van der Waals surface area contributed by atoms with E-state index in [0.717, 1.165) is 40.6 Å². The second kappa shape index (κ2) is 6.84. The highest BCUT2D eigenvalue weighted by molar-refractivity contribution is 9.11. The third-order valence-corrected chi connectivity index (χ3v) is 4.09. The maximum absolute atomic E-state index is 5.53. The van der Waals surface area contributed by atoms with Crippen molar-refractivity contribution in [2.45, 2.75) is 18.9 Å². The van der Waals surface area contributed by atoms with E-state index in [9.17, 15) is 0 Å². The number of anilines is 1. The Kier molecular flexibility index (Phi) is 5.41. The van der Waals surface area contributed by atoms with E-state index in [2.05, 4.69) is 42.5 Å². The van der Waals surface area contributed by atoms with Gasteiger partial charge in [0.05, 0.1) is 11.8 Å². The van der Waals surface area contributed by atoms with Crippen LogP contribution in [0, 0.1) is 0 Å². The summed E-state index contributed by atoms with van der Waals surface area (Å²) in [5.41, 5.74) is 0.947. The zero-order chi connectivity index (χ0) is 13.0. The lowest BCUT2D eigenvalue weighted by Crippen LogP contribution is -2.34. The zero-order valence-corrected chi connectivity index (χ0v) is 13.7. The molecule has 2 N–H and O–H groups in total. The molecule has 0 saturated carbocycles. The first-order valence-corrected chi connectivity index (χ1v) is 7.76. The lowest BCUT2D eigenvalue weighted by Gasteiger charge is -2.14. The number of rotatable bonds is 3. The molecular formula is C12H14Br2N2OS. The van der Waals surface area contributed by atoms with Crippen LogP contribution in [0.3, 0.4) is 0 Å². The highest BCUT2D eigenvalue weighted by atomic mass is 79.9. The van der Waals surface area contributed by atoms with E-state index in [1.165, 1.54) is 0 Å². The van der Waals surface area contributed by atoms with Crippen molar-refractivity contribution in [1.82, 2.24) is 5.32 Å². The summed E-state index contributed by atoms with van der Waals surface area (Å²) in [4.78, 5) is 0. The van der Waals surface area contributed by atoms with Gasteiger partial charge in [-0.25, -0.2) is 0 Å². The monoisotopic (exact) mass is 392 g/mol. The van der Waals surface area contributed by atoms with E-state index in [4.69, 9.17) is 17.0 Å². The Balaban J connectivity index is 1.82. The SMILES string of the molecule is S=C(NCC1CCCO1)Nc1ccc(Br)cc1Br. The van der Waals surface area contributed by atoms with Crippen LogP contribution in [0.15, 0.2) is 27.1 Å². The van der Waals surface area contributed by atoms with E-state index in [-0.39, 0.29) is 6.10 Å². The van der Waals surface area contributed by atoms with Gasteiger partial charge >= 0.3 is 0 Å². The number of thiocarbonyl (C=S) groups is 1. The molecule has 1 saturated heterocycles. The maximum atomic E-state index is 5.53. The van der Waals surface area contributed by atoms with Gasteiger partial charge < -0.3 is 15.4 Å². The summed E-state index contributed by atoms with van der Waals surface area (Å²) in [6.07, 6.45) is 2.54. The van der Waals surface area contributed by atoms with Crippen molar-refractivity contribution in [3.63, 3.8) is 0 Å². The highest BCUT2D eigenvalue weighted by Gasteiger charge is 2.15. The van der Waals surface area contributed by atoms with Gasteiger partial charge in [-0.2, -0.15) is 0 Å². The molecule has 1 aliphatic heterocycles. The van der Waals surface area contributed by atoms with Crippen LogP contribution < -0.4 is 10.6 Å². The molecule has 0 spiro atoms. The van der Waals surface area contributed by atoms with Gasteiger partial charge in [0.15, 0.2) is 5.11 Å². The van der Waals surface area contributed by atoms with Crippen molar-refractivity contribution in [2.75, 3.05) is 18.5 Å². The van der Waals surface area contributed by atoms with E-state index in [0.29, 0.717) is 5.11 Å². The van der Waals surface area contributed by atoms with Gasteiger partial charge in [0, 0.05) is 22.1 Å². The summed E-state index contributed by atoms with van der Waals surface area (Å²) < 4.78 is 7.52. The molecule has 1 unspecified atom stereocenters. The topological polar surface area (TPSA) is 33.3 Å². The molecule has 1 heterocycles. The molecular weight excluding hydrogens is 380 g/mol. The van der Waals surface area contributed by atoms with Gasteiger partial charge in [-0.05, 0) is 59.2 Å². The Morgan fingerprint density at radius 2 is 2.28 bits per heavy atom. The van der Waals surface area contributed by atoms with Gasteiger partial charge in [0.1, 0.15) is 0 Å². The van der Waals surface area contributed by atoms with Crippen LogP contribution in [0.5, 0.6) is 0 Å². The third kappa shape index (κ3) is 4.19. The van der Waals surface area contributed by atoms with Crippen molar-refractivity contribution in [3.05, 3.63) is 27.1 Å². The van der Waals surface area contributed by atoms with Crippen LogP contribution in [-0.4, -0.2) is 24.4 Å². The van der Waals surface area contributed by atoms with E-state index in [1.54, 1.807) is 0 Å². The Morgan fingerprint density at radius 3 is 2.94 bits per heavy atom. The molecule has 98 valence electrons. The molecule has 2 rings (SSSR count). The van der Waals surface area contributed by atoms with Gasteiger partial charge in [-0.1, -0.05) is 15.9 Å². The summed E-state index contributed by atoms with van der Waals surface area (Å²) in [5, 5.41) is 6.96. The normalized spacial score (nSPS) is 18.7. The van der Waals surface area contributed by atoms with E-state index in [1.807, 2.05) is 18.2 Å². The predicted octanol–water partition coefficient (Wildman–Crippen LogP) is 3.68. The van der Waals surface area contributed by atoms with Crippen molar-refractivity contribution < 1.29 is 4.74 Å². The molecule has 0 aromatic heterocycles. The van der Waals surface area contributed by atoms with Crippen molar-refractivity contribution >= 4 is 54.9 Å². The number of hydrogen-bond acceptors (Lipinski definition) is 2. The standard InChI is InChI=1S/C12H14Br2N2OS/c13-8-3-4-11(10(14)6-8)16-12(18)15-7-9-2-1-5-17-9/h3-4,6,9H,1-2,5,7H2,(H2,15,16,18). The fourth-order valence-electron chi connectivity index (χ4n) is 1.77. The van der Waals surface area contributed by atoms with Crippen molar-refractivity contribution in [2.24, 2.45) is 0 Å². The van der Waals surface area contributed by atoms with Crippen LogP contribution in [0.25, 0.3) is 0 Å². The van der Waals surface area contributed by atoms with Crippen LogP contribution in [0.1, 0.15) is 12.8 Å². The summed E-state index contributed by atoms with van der Waals surface area (Å²) in [6.45, 7) is 1.63. The Morgan fingerprint density at radius 1 is 1.44 bits per heavy atom. The minimum absolute atomic E-state index is 0.290. The second-order valence-corrected chi connectivity index (χ2v) is 6.27. The van der Waals surface area contributed by atoms with Gasteiger partial charge in [0.25, 0.3) is 0 Å². The quantitative estimate of drug-likeness (QED) is 0.767. The molecule has 6 heteroatoms. The number of ether oxygens (including phenoxy) is 1. The molecule has 0 bridgehead atoms. The van der Waals surface area contributed by atoms with Gasteiger partial charge in [-0.3, -0.25) is 0 Å². The van der Waals surface area contributed by atoms with E-state index >= 15 is 0 Å². The smallest absolute Gasteiger partial charge is 0.170 e. The fraction of sp³-hybridized carbons (Fsp3) is 0.417. The zero-order valence-electron chi connectivity index (χ0n) is 9.71. The summed E-state index contributed by atoms with van der Waals surface area (Å²) >= 11 is 12.2. The van der Waals surface area contributed by atoms with Crippen molar-refractivity contribution in [1.29, 1.82) is 0 Å². The first-order valence-electron chi connectivity index (χ1n) is 5.76. The number of halogens is 2. The fourth-order valence-corrected chi connectivity index (χ4v) is 3.11. The number of nitrogens with one attached hydrogen (secondary N) is 2. The molecule has 1 aromatic carbocycles. The van der Waals surface area contributed by atoms with Gasteiger partial charge in [0.2, 0.25) is 0 Å². The van der Waals surface area contributed by atoms with Crippen LogP contribution in [0.4, 0.5) is 5.69 Å². The molecule has 0 radical (unpaired) electrons. The Hall–Kier alpha value is -0.170. The van der Waals surface area contributed by atoms with E-state index < -0.39 is 0 Å². The first-order chi connectivity index (χ1) is 8.65. The Bertz CT molecular complexity index is 436. The summed E-state index contributed by atoms with van der Waals surface area (Å²) in [5.74, 6) is 0. The molecule has 1 atom stereocenters. The van der Waals surface area contributed by atoms with Crippen LogP contribution in [0.2, 0.25) is 0 Å². The average Bonchev–Trinajstić information content (AvgIpc) is 2.83. The predicted molar refractivity (Wildman–Crippen MR) is 85.0 cm³/mol. The van der Waals surface area contributed by atoms with Crippen molar-refractivity contribution in [3.8, 4) is 0 Å². The van der Waals surface area contributed by atoms with Gasteiger partial charge in [-0.15, -0.1) is 0 Å². The third-order valence-electron chi connectivity index (χ3n) is 2.69. The lowest BCUT2D eigenvalue weighted by molar-refractivity contribution is 0.114. The molecule has 18 heavy (non-hydrogen) atoms. The molecule has 1 aromatic rings. The average molecular weight is 394 g/mol. The summed E-state index contributed by atoms with van der Waals surface area (Å²) in [7, 11) is 0. The van der Waals surface area contributed by atoms with Crippen LogP contribution >= 0.6 is 44.1 Å². The second-order valence-electron chi connectivity index (χ2n) is 4.09. The highest BCUT2D eigenvalue weighted by Crippen LogP contribution is 2.26. The largest absolute Gasteiger partial charge is 0.376 e. The minimum Gasteiger partial charge on any atom is -0.376 e. The number of benzene rings is 1. The maximum Gasteiger partial charge on any atom is 0.170 e. The first kappa shape index (κ1) is 14.2. The molecule has 1 fully saturated rings. The lowest BCUT2D eigenvalue weighted by atomic mass is 10.2. The Labute approximate surface area is 129 Å². The minimum atomic E-state index is 0.290. The molecule has 0 amide bonds. The number of hydrogen-bond donors (Lipinski definition) is 2. The summed E-state index contributed by atoms with van der Waals surface area (Å²) in [6, 6.07) is 5.91. The molecule has 0 aliphatic carbocycles. The van der Waals surface area contributed by atoms with Crippen LogP contribution in [-0.2, 0) is 4.74 Å².